The van der Waals surface area contributed by atoms with Crippen LogP contribution in [-0.2, 0) is 23.0 Å². The van der Waals surface area contributed by atoms with Crippen molar-refractivity contribution in [3.05, 3.63) is 47.8 Å². The highest BCUT2D eigenvalue weighted by Crippen LogP contribution is 2.26. The maximum absolute atomic E-state index is 12.7. The van der Waals surface area contributed by atoms with Crippen molar-refractivity contribution < 1.29 is 8.42 Å². The first-order valence-electron chi connectivity index (χ1n) is 7.18. The third kappa shape index (κ3) is 2.69. The Morgan fingerprint density at radius 1 is 1.22 bits per heavy atom. The third-order valence-corrected chi connectivity index (χ3v) is 5.95. The smallest absolute Gasteiger partial charge is 0.280 e. The van der Waals surface area contributed by atoms with E-state index >= 15 is 0 Å². The average Bonchev–Trinajstić information content (AvgIpc) is 3.02. The molecule has 1 aliphatic rings. The number of fused-ring (bicyclic) bond motifs is 2. The molecule has 0 radical (unpaired) electrons. The minimum atomic E-state index is -3.75. The molecule has 3 aromatic rings. The van der Waals surface area contributed by atoms with Gasteiger partial charge in [-0.15, -0.1) is 0 Å². The maximum Gasteiger partial charge on any atom is 0.280 e. The number of hydrogen-bond donors (Lipinski definition) is 2. The quantitative estimate of drug-likeness (QED) is 0.759. The van der Waals surface area contributed by atoms with Crippen LogP contribution in [0.1, 0.15) is 11.1 Å². The second kappa shape index (κ2) is 5.55. The Kier molecular flexibility index (Phi) is 3.51. The molecule has 2 aromatic heterocycles. The molecule has 0 bridgehead atoms. The number of nitrogens with zero attached hydrogens (tertiary/aromatic N) is 2. The van der Waals surface area contributed by atoms with E-state index in [4.69, 9.17) is 0 Å². The van der Waals surface area contributed by atoms with Gasteiger partial charge in [0.05, 0.1) is 16.3 Å². The van der Waals surface area contributed by atoms with Crippen LogP contribution in [0.5, 0.6) is 0 Å². The normalized spacial score (nSPS) is 14.6. The molecule has 2 N–H and O–H groups in total. The highest BCUT2D eigenvalue weighted by atomic mass is 32.2. The molecule has 0 aliphatic carbocycles. The van der Waals surface area contributed by atoms with E-state index in [0.717, 1.165) is 24.2 Å². The lowest BCUT2D eigenvalue weighted by molar-refractivity contribution is 0.598. The SMILES string of the molecule is O=S(=O)(Nc1ccc2c(c1)CCNC2)c1nccc2sncc12. The Balaban J connectivity index is 1.71. The van der Waals surface area contributed by atoms with Crippen LogP contribution in [0.25, 0.3) is 10.1 Å². The molecule has 1 aromatic carbocycles. The fourth-order valence-corrected chi connectivity index (χ4v) is 4.62. The van der Waals surface area contributed by atoms with Gasteiger partial charge in [0.25, 0.3) is 10.0 Å². The number of nitrogens with one attached hydrogen (secondary N) is 2. The van der Waals surface area contributed by atoms with Gasteiger partial charge in [-0.3, -0.25) is 4.72 Å². The van der Waals surface area contributed by atoms with Crippen LogP contribution in [0.3, 0.4) is 0 Å². The first-order valence-corrected chi connectivity index (χ1v) is 9.44. The van der Waals surface area contributed by atoms with Crippen LogP contribution in [0, 0.1) is 0 Å². The number of sulfonamides is 1. The van der Waals surface area contributed by atoms with Crippen molar-refractivity contribution >= 4 is 37.3 Å². The number of hydrogen-bond acceptors (Lipinski definition) is 6. The summed E-state index contributed by atoms with van der Waals surface area (Å²) in [6, 6.07) is 7.41. The van der Waals surface area contributed by atoms with Crippen LogP contribution < -0.4 is 10.0 Å². The number of rotatable bonds is 3. The van der Waals surface area contributed by atoms with E-state index in [1.165, 1.54) is 28.9 Å². The highest BCUT2D eigenvalue weighted by molar-refractivity contribution is 7.92. The summed E-state index contributed by atoms with van der Waals surface area (Å²) in [6.45, 7) is 1.73. The summed E-state index contributed by atoms with van der Waals surface area (Å²) in [6.07, 6.45) is 3.93. The Morgan fingerprint density at radius 2 is 2.13 bits per heavy atom. The second-order valence-corrected chi connectivity index (χ2v) is 7.80. The third-order valence-electron chi connectivity index (χ3n) is 3.85. The van der Waals surface area contributed by atoms with Crippen LogP contribution in [0.2, 0.25) is 0 Å². The lowest BCUT2D eigenvalue weighted by Gasteiger charge is -2.18. The van der Waals surface area contributed by atoms with Gasteiger partial charge >= 0.3 is 0 Å². The molecule has 0 atom stereocenters. The molecule has 3 heterocycles. The summed E-state index contributed by atoms with van der Waals surface area (Å²) in [5, 5.41) is 3.86. The first-order chi connectivity index (χ1) is 11.1. The van der Waals surface area contributed by atoms with Gasteiger partial charge < -0.3 is 5.32 Å². The van der Waals surface area contributed by atoms with E-state index in [9.17, 15) is 8.42 Å². The molecule has 0 amide bonds. The standard InChI is InChI=1S/C15H14N4O2S2/c20-23(21,15-13-9-18-22-14(13)4-6-17-15)19-12-2-1-11-8-16-5-3-10(11)7-12/h1-2,4,6-7,9,16,19H,3,5,8H2. The maximum atomic E-state index is 12.7. The molecule has 0 fully saturated rings. The van der Waals surface area contributed by atoms with Gasteiger partial charge in [-0.25, -0.2) is 4.98 Å². The van der Waals surface area contributed by atoms with E-state index in [0.29, 0.717) is 11.1 Å². The number of anilines is 1. The average molecular weight is 346 g/mol. The van der Waals surface area contributed by atoms with Crippen LogP contribution in [0.4, 0.5) is 5.69 Å². The lowest BCUT2D eigenvalue weighted by Crippen LogP contribution is -2.23. The topological polar surface area (TPSA) is 84.0 Å². The monoisotopic (exact) mass is 346 g/mol. The van der Waals surface area contributed by atoms with Crippen molar-refractivity contribution in [2.75, 3.05) is 11.3 Å². The summed E-state index contributed by atoms with van der Waals surface area (Å²) in [4.78, 5) is 4.04. The molecule has 8 heteroatoms. The molecule has 0 spiro atoms. The van der Waals surface area contributed by atoms with Crippen molar-refractivity contribution in [3.63, 3.8) is 0 Å². The zero-order valence-electron chi connectivity index (χ0n) is 12.1. The number of aromatic nitrogens is 2. The van der Waals surface area contributed by atoms with Gasteiger partial charge in [0.2, 0.25) is 0 Å². The van der Waals surface area contributed by atoms with Crippen molar-refractivity contribution in [3.8, 4) is 0 Å². The Labute approximate surface area is 137 Å². The summed E-state index contributed by atoms with van der Waals surface area (Å²) >= 11 is 1.25. The zero-order chi connectivity index (χ0) is 15.9. The molecular weight excluding hydrogens is 332 g/mol. The molecule has 6 nitrogen and oxygen atoms in total. The Bertz CT molecular complexity index is 982. The van der Waals surface area contributed by atoms with E-state index in [1.54, 1.807) is 18.3 Å². The molecule has 0 saturated carbocycles. The predicted molar refractivity (Wildman–Crippen MR) is 90.1 cm³/mol. The van der Waals surface area contributed by atoms with E-state index in [1.807, 2.05) is 12.1 Å². The lowest BCUT2D eigenvalue weighted by atomic mass is 10.0. The van der Waals surface area contributed by atoms with Crippen molar-refractivity contribution in [1.82, 2.24) is 14.7 Å². The van der Waals surface area contributed by atoms with Crippen LogP contribution >= 0.6 is 11.5 Å². The number of benzene rings is 1. The van der Waals surface area contributed by atoms with Crippen molar-refractivity contribution in [2.24, 2.45) is 0 Å². The minimum absolute atomic E-state index is 0.0168. The fraction of sp³-hybridized carbons (Fsp3) is 0.200. The Hall–Kier alpha value is -2.03. The zero-order valence-corrected chi connectivity index (χ0v) is 13.7. The Morgan fingerprint density at radius 3 is 3.04 bits per heavy atom. The molecule has 118 valence electrons. The van der Waals surface area contributed by atoms with Gasteiger partial charge in [0, 0.05) is 18.4 Å². The van der Waals surface area contributed by atoms with Crippen molar-refractivity contribution in [1.29, 1.82) is 0 Å². The van der Waals surface area contributed by atoms with Crippen molar-refractivity contribution in [2.45, 2.75) is 18.0 Å². The van der Waals surface area contributed by atoms with E-state index in [-0.39, 0.29) is 5.03 Å². The van der Waals surface area contributed by atoms with Gasteiger partial charge in [-0.1, -0.05) is 6.07 Å². The summed E-state index contributed by atoms with van der Waals surface area (Å²) in [7, 11) is -3.75. The minimum Gasteiger partial charge on any atom is -0.312 e. The summed E-state index contributed by atoms with van der Waals surface area (Å²) in [5.74, 6) is 0. The molecular formula is C15H14N4O2S2. The van der Waals surface area contributed by atoms with E-state index in [2.05, 4.69) is 19.4 Å². The first kappa shape index (κ1) is 14.6. The van der Waals surface area contributed by atoms with Crippen LogP contribution in [-0.4, -0.2) is 24.3 Å². The summed E-state index contributed by atoms with van der Waals surface area (Å²) < 4.78 is 32.8. The van der Waals surface area contributed by atoms with Gasteiger partial charge in [-0.2, -0.15) is 12.8 Å². The summed E-state index contributed by atoms with van der Waals surface area (Å²) in [5.41, 5.74) is 2.95. The fourth-order valence-electron chi connectivity index (χ4n) is 2.73. The van der Waals surface area contributed by atoms with Gasteiger partial charge in [0.1, 0.15) is 0 Å². The van der Waals surface area contributed by atoms with Gasteiger partial charge in [-0.05, 0) is 53.8 Å². The highest BCUT2D eigenvalue weighted by Gasteiger charge is 2.21. The molecule has 4 rings (SSSR count). The second-order valence-electron chi connectivity index (χ2n) is 5.37. The molecule has 0 unspecified atom stereocenters. The molecule has 1 aliphatic heterocycles. The molecule has 0 saturated heterocycles. The largest absolute Gasteiger partial charge is 0.312 e. The van der Waals surface area contributed by atoms with Gasteiger partial charge in [0.15, 0.2) is 5.03 Å². The molecule has 23 heavy (non-hydrogen) atoms. The number of pyridine rings is 1. The van der Waals surface area contributed by atoms with E-state index < -0.39 is 10.0 Å². The van der Waals surface area contributed by atoms with Crippen LogP contribution in [0.15, 0.2) is 41.7 Å². The predicted octanol–water partition coefficient (Wildman–Crippen LogP) is 2.14.